The van der Waals surface area contributed by atoms with Gasteiger partial charge in [0, 0.05) is 19.0 Å². The fraction of sp³-hybridized carbons (Fsp3) is 0.909. The summed E-state index contributed by atoms with van der Waals surface area (Å²) in [7, 11) is 0. The van der Waals surface area contributed by atoms with E-state index < -0.39 is 0 Å². The third-order valence-corrected chi connectivity index (χ3v) is 3.33. The predicted octanol–water partition coefficient (Wildman–Crippen LogP) is 1.68. The lowest BCUT2D eigenvalue weighted by molar-refractivity contribution is 0.298. The van der Waals surface area contributed by atoms with E-state index in [4.69, 9.17) is 10.9 Å². The standard InChI is InChI=1S/C11H23N3O/c1-9(7-10(12)14-15)13-8-11(2)5-3-4-6-11/h9,13,15H,3-8H2,1-2H3,(H2,12,14). The van der Waals surface area contributed by atoms with Gasteiger partial charge in [-0.25, -0.2) is 0 Å². The Labute approximate surface area is 91.9 Å². The first-order chi connectivity index (χ1) is 7.06. The fourth-order valence-electron chi connectivity index (χ4n) is 2.25. The summed E-state index contributed by atoms with van der Waals surface area (Å²) in [5.41, 5.74) is 5.91. The second-order valence-electron chi connectivity index (χ2n) is 5.10. The van der Waals surface area contributed by atoms with E-state index in [1.807, 2.05) is 0 Å². The number of oxime groups is 1. The van der Waals surface area contributed by atoms with Gasteiger partial charge in [0.1, 0.15) is 5.84 Å². The van der Waals surface area contributed by atoms with Gasteiger partial charge < -0.3 is 16.3 Å². The van der Waals surface area contributed by atoms with Crippen molar-refractivity contribution in [2.45, 2.75) is 52.0 Å². The van der Waals surface area contributed by atoms with Crippen molar-refractivity contribution in [2.75, 3.05) is 6.54 Å². The first-order valence-corrected chi connectivity index (χ1v) is 5.75. The number of nitrogens with zero attached hydrogens (tertiary/aromatic N) is 1. The highest BCUT2D eigenvalue weighted by atomic mass is 16.4. The van der Waals surface area contributed by atoms with Crippen molar-refractivity contribution in [2.24, 2.45) is 16.3 Å². The molecule has 0 aromatic carbocycles. The Hall–Kier alpha value is -0.770. The van der Waals surface area contributed by atoms with Crippen LogP contribution < -0.4 is 11.1 Å². The molecule has 0 saturated heterocycles. The van der Waals surface area contributed by atoms with E-state index in [0.29, 0.717) is 17.7 Å². The van der Waals surface area contributed by atoms with Crippen LogP contribution in [0.15, 0.2) is 5.16 Å². The van der Waals surface area contributed by atoms with Crippen molar-refractivity contribution in [3.63, 3.8) is 0 Å². The van der Waals surface area contributed by atoms with E-state index >= 15 is 0 Å². The Bertz CT molecular complexity index is 222. The van der Waals surface area contributed by atoms with Crippen molar-refractivity contribution >= 4 is 5.84 Å². The molecule has 1 fully saturated rings. The highest BCUT2D eigenvalue weighted by molar-refractivity contribution is 5.80. The second-order valence-corrected chi connectivity index (χ2v) is 5.10. The summed E-state index contributed by atoms with van der Waals surface area (Å²) in [6, 6.07) is 0.276. The van der Waals surface area contributed by atoms with Crippen LogP contribution in [0.5, 0.6) is 0 Å². The molecule has 0 radical (unpaired) electrons. The van der Waals surface area contributed by atoms with Crippen LogP contribution in [0.3, 0.4) is 0 Å². The van der Waals surface area contributed by atoms with Gasteiger partial charge in [0.2, 0.25) is 0 Å². The second kappa shape index (κ2) is 5.35. The van der Waals surface area contributed by atoms with Crippen molar-refractivity contribution in [1.29, 1.82) is 0 Å². The number of hydrogen-bond donors (Lipinski definition) is 3. The molecule has 0 amide bonds. The summed E-state index contributed by atoms with van der Waals surface area (Å²) >= 11 is 0. The van der Waals surface area contributed by atoms with Crippen LogP contribution in [0.4, 0.5) is 0 Å². The largest absolute Gasteiger partial charge is 0.409 e. The van der Waals surface area contributed by atoms with Crippen molar-refractivity contribution in [3.05, 3.63) is 0 Å². The quantitative estimate of drug-likeness (QED) is 0.282. The van der Waals surface area contributed by atoms with Gasteiger partial charge in [0.25, 0.3) is 0 Å². The Morgan fingerprint density at radius 1 is 1.53 bits per heavy atom. The summed E-state index contributed by atoms with van der Waals surface area (Å²) < 4.78 is 0. The van der Waals surface area contributed by atoms with Crippen LogP contribution in [-0.2, 0) is 0 Å². The molecule has 0 aromatic heterocycles. The first-order valence-electron chi connectivity index (χ1n) is 5.75. The molecule has 0 aliphatic heterocycles. The molecule has 15 heavy (non-hydrogen) atoms. The van der Waals surface area contributed by atoms with Gasteiger partial charge in [-0.1, -0.05) is 24.9 Å². The molecule has 0 spiro atoms. The summed E-state index contributed by atoms with van der Waals surface area (Å²) in [5, 5.41) is 14.9. The number of nitrogens with one attached hydrogen (secondary N) is 1. The molecular formula is C11H23N3O. The molecule has 1 aliphatic rings. The Kier molecular flexibility index (Phi) is 4.39. The lowest BCUT2D eigenvalue weighted by atomic mass is 9.88. The highest BCUT2D eigenvalue weighted by Gasteiger charge is 2.28. The molecule has 1 rings (SSSR count). The maximum absolute atomic E-state index is 8.45. The minimum Gasteiger partial charge on any atom is -0.409 e. The number of hydrogen-bond acceptors (Lipinski definition) is 3. The molecule has 4 heteroatoms. The monoisotopic (exact) mass is 213 g/mol. The van der Waals surface area contributed by atoms with Gasteiger partial charge in [0.05, 0.1) is 0 Å². The average Bonchev–Trinajstić information content (AvgIpc) is 2.63. The molecule has 1 unspecified atom stereocenters. The van der Waals surface area contributed by atoms with Crippen LogP contribution in [0.1, 0.15) is 46.0 Å². The summed E-state index contributed by atoms with van der Waals surface area (Å²) in [6.07, 6.45) is 5.94. The minimum absolute atomic E-state index is 0.276. The van der Waals surface area contributed by atoms with Crippen LogP contribution in [0, 0.1) is 5.41 Å². The number of nitrogens with two attached hydrogens (primary N) is 1. The summed E-state index contributed by atoms with van der Waals surface area (Å²) in [4.78, 5) is 0. The number of rotatable bonds is 5. The molecule has 4 N–H and O–H groups in total. The van der Waals surface area contributed by atoms with E-state index in [2.05, 4.69) is 24.3 Å². The first kappa shape index (κ1) is 12.3. The van der Waals surface area contributed by atoms with Gasteiger partial charge in [0.15, 0.2) is 0 Å². The average molecular weight is 213 g/mol. The van der Waals surface area contributed by atoms with Crippen molar-refractivity contribution in [1.82, 2.24) is 5.32 Å². The van der Waals surface area contributed by atoms with E-state index in [9.17, 15) is 0 Å². The molecule has 0 aromatic rings. The van der Waals surface area contributed by atoms with Crippen molar-refractivity contribution < 1.29 is 5.21 Å². The molecule has 0 bridgehead atoms. The maximum atomic E-state index is 8.45. The van der Waals surface area contributed by atoms with Crippen LogP contribution in [0.25, 0.3) is 0 Å². The van der Waals surface area contributed by atoms with E-state index in [1.165, 1.54) is 25.7 Å². The van der Waals surface area contributed by atoms with Crippen LogP contribution in [0.2, 0.25) is 0 Å². The smallest absolute Gasteiger partial charge is 0.140 e. The van der Waals surface area contributed by atoms with E-state index in [0.717, 1.165) is 6.54 Å². The van der Waals surface area contributed by atoms with Gasteiger partial charge in [-0.2, -0.15) is 0 Å². The van der Waals surface area contributed by atoms with Gasteiger partial charge in [-0.3, -0.25) is 0 Å². The zero-order valence-electron chi connectivity index (χ0n) is 9.79. The topological polar surface area (TPSA) is 70.6 Å². The van der Waals surface area contributed by atoms with Crippen LogP contribution in [-0.4, -0.2) is 23.6 Å². The third kappa shape index (κ3) is 4.08. The molecule has 1 aliphatic carbocycles. The van der Waals surface area contributed by atoms with Gasteiger partial charge in [-0.15, -0.1) is 0 Å². The molecule has 88 valence electrons. The minimum atomic E-state index is 0.276. The predicted molar refractivity (Wildman–Crippen MR) is 62.1 cm³/mol. The van der Waals surface area contributed by atoms with E-state index in [-0.39, 0.29) is 6.04 Å². The summed E-state index contributed by atoms with van der Waals surface area (Å²) in [6.45, 7) is 5.44. The summed E-state index contributed by atoms with van der Waals surface area (Å²) in [5.74, 6) is 0.298. The third-order valence-electron chi connectivity index (χ3n) is 3.33. The Morgan fingerprint density at radius 3 is 2.67 bits per heavy atom. The zero-order chi connectivity index (χ0) is 11.3. The molecule has 0 heterocycles. The molecule has 1 saturated carbocycles. The lowest BCUT2D eigenvalue weighted by Crippen LogP contribution is -2.37. The molecule has 1 atom stereocenters. The lowest BCUT2D eigenvalue weighted by Gasteiger charge is -2.26. The van der Waals surface area contributed by atoms with Crippen molar-refractivity contribution in [3.8, 4) is 0 Å². The van der Waals surface area contributed by atoms with Crippen LogP contribution >= 0.6 is 0 Å². The Balaban J connectivity index is 2.24. The SMILES string of the molecule is CC(CC(N)=NO)NCC1(C)CCCC1. The van der Waals surface area contributed by atoms with E-state index in [1.54, 1.807) is 0 Å². The highest BCUT2D eigenvalue weighted by Crippen LogP contribution is 2.36. The van der Waals surface area contributed by atoms with Gasteiger partial charge >= 0.3 is 0 Å². The normalized spacial score (nSPS) is 22.9. The number of amidine groups is 1. The molecular weight excluding hydrogens is 190 g/mol. The maximum Gasteiger partial charge on any atom is 0.140 e. The zero-order valence-corrected chi connectivity index (χ0v) is 9.79. The van der Waals surface area contributed by atoms with Gasteiger partial charge in [-0.05, 0) is 25.2 Å². The fourth-order valence-corrected chi connectivity index (χ4v) is 2.25. The Morgan fingerprint density at radius 2 is 2.13 bits per heavy atom. The molecule has 4 nitrogen and oxygen atoms in total.